The molecule has 182 valence electrons. The van der Waals surface area contributed by atoms with Gasteiger partial charge in [0.25, 0.3) is 11.8 Å². The number of aryl methyl sites for hydroxylation is 1. The molecule has 2 aromatic carbocycles. The summed E-state index contributed by atoms with van der Waals surface area (Å²) in [5, 5.41) is 5.61. The summed E-state index contributed by atoms with van der Waals surface area (Å²) in [4.78, 5) is 30.1. The van der Waals surface area contributed by atoms with Gasteiger partial charge in [0.2, 0.25) is 0 Å². The van der Waals surface area contributed by atoms with Gasteiger partial charge < -0.3 is 5.32 Å². The van der Waals surface area contributed by atoms with E-state index < -0.39 is 17.5 Å². The first kappa shape index (κ1) is 26.4. The van der Waals surface area contributed by atoms with E-state index in [9.17, 15) is 22.8 Å². The Morgan fingerprint density at radius 1 is 1.24 bits per heavy atom. The summed E-state index contributed by atoms with van der Waals surface area (Å²) in [5.41, 5.74) is -2.06. The quantitative estimate of drug-likeness (QED) is 0.472. The molecule has 1 saturated heterocycles. The van der Waals surface area contributed by atoms with Crippen molar-refractivity contribution in [2.75, 3.05) is 13.2 Å². The van der Waals surface area contributed by atoms with Crippen LogP contribution in [0.25, 0.3) is 5.57 Å². The second-order valence-corrected chi connectivity index (χ2v) is 9.35. The third kappa shape index (κ3) is 6.91. The van der Waals surface area contributed by atoms with Gasteiger partial charge in [-0.2, -0.15) is 13.2 Å². The van der Waals surface area contributed by atoms with Crippen LogP contribution in [0.1, 0.15) is 34.0 Å². The van der Waals surface area contributed by atoms with Crippen LogP contribution in [0, 0.1) is 6.92 Å². The van der Waals surface area contributed by atoms with Crippen molar-refractivity contribution in [1.29, 1.82) is 0 Å². The summed E-state index contributed by atoms with van der Waals surface area (Å²) in [7, 11) is 0. The first-order valence-electron chi connectivity index (χ1n) is 10.2. The molecule has 1 heterocycles. The zero-order valence-corrected chi connectivity index (χ0v) is 20.5. The standard InChI is InChI=1S/C23H21Cl2F3N2O3S/c1-3-30-22(32)20(11-33-30)29-21(31)19-5-4-15(6-13(19)2)16(12-34-23(26,27)28)7-14-8-17(24)10-18(25)9-14/h4-6,8-10,12,20H,3,7,11H2,1-2H3,(H,29,31)/b16-12+. The summed E-state index contributed by atoms with van der Waals surface area (Å²) < 4.78 is 38.7. The van der Waals surface area contributed by atoms with E-state index in [-0.39, 0.29) is 30.7 Å². The van der Waals surface area contributed by atoms with E-state index in [1.54, 1.807) is 38.1 Å². The van der Waals surface area contributed by atoms with Crippen molar-refractivity contribution < 1.29 is 27.6 Å². The molecule has 0 bridgehead atoms. The van der Waals surface area contributed by atoms with Gasteiger partial charge in [0.05, 0.1) is 0 Å². The van der Waals surface area contributed by atoms with Crippen molar-refractivity contribution >= 4 is 52.4 Å². The minimum Gasteiger partial charge on any atom is -0.338 e. The third-order valence-electron chi connectivity index (χ3n) is 5.03. The summed E-state index contributed by atoms with van der Waals surface area (Å²) in [5.74, 6) is -0.805. The zero-order valence-electron chi connectivity index (χ0n) is 18.2. The first-order valence-corrected chi connectivity index (χ1v) is 11.8. The van der Waals surface area contributed by atoms with Gasteiger partial charge in [-0.05, 0) is 84.0 Å². The molecule has 1 aliphatic rings. The summed E-state index contributed by atoms with van der Waals surface area (Å²) >= 11 is 11.8. The molecular weight excluding hydrogens is 512 g/mol. The number of alkyl halides is 3. The third-order valence-corrected chi connectivity index (χ3v) is 6.13. The molecule has 1 fully saturated rings. The monoisotopic (exact) mass is 532 g/mol. The second kappa shape index (κ2) is 11.0. The van der Waals surface area contributed by atoms with Crippen LogP contribution in [0.5, 0.6) is 0 Å². The number of nitrogens with one attached hydrogen (secondary N) is 1. The molecule has 1 aliphatic heterocycles. The number of hydrogen-bond acceptors (Lipinski definition) is 4. The molecule has 0 spiro atoms. The molecule has 1 N–H and O–H groups in total. The molecule has 1 unspecified atom stereocenters. The lowest BCUT2D eigenvalue weighted by Crippen LogP contribution is -2.42. The Balaban J connectivity index is 1.85. The molecule has 1 atom stereocenters. The topological polar surface area (TPSA) is 58.6 Å². The minimum atomic E-state index is -4.45. The average molecular weight is 533 g/mol. The van der Waals surface area contributed by atoms with E-state index in [0.717, 1.165) is 5.41 Å². The number of nitrogens with zero attached hydrogens (tertiary/aromatic N) is 1. The van der Waals surface area contributed by atoms with Crippen LogP contribution in [0.3, 0.4) is 0 Å². The van der Waals surface area contributed by atoms with Crippen LogP contribution >= 0.6 is 35.0 Å². The number of hydrogen-bond donors (Lipinski definition) is 1. The summed E-state index contributed by atoms with van der Waals surface area (Å²) in [6, 6.07) is 8.74. The maximum Gasteiger partial charge on any atom is 0.445 e. The molecular formula is C23H21Cl2F3N2O3S. The van der Waals surface area contributed by atoms with Crippen LogP contribution in [-0.2, 0) is 16.1 Å². The van der Waals surface area contributed by atoms with Gasteiger partial charge >= 0.3 is 5.51 Å². The Hall–Kier alpha value is -2.20. The minimum absolute atomic E-state index is 0.0410. The van der Waals surface area contributed by atoms with E-state index >= 15 is 0 Å². The Labute approximate surface area is 209 Å². The fourth-order valence-electron chi connectivity index (χ4n) is 3.46. The molecule has 5 nitrogen and oxygen atoms in total. The first-order chi connectivity index (χ1) is 16.0. The summed E-state index contributed by atoms with van der Waals surface area (Å²) in [6.07, 6.45) is 0.148. The van der Waals surface area contributed by atoms with Crippen LogP contribution < -0.4 is 5.32 Å². The molecule has 0 radical (unpaired) electrons. The number of carbonyl (C=O) groups is 2. The lowest BCUT2D eigenvalue weighted by molar-refractivity contribution is -0.160. The fourth-order valence-corrected chi connectivity index (χ4v) is 4.53. The number of halogens is 5. The highest BCUT2D eigenvalue weighted by molar-refractivity contribution is 8.03. The van der Waals surface area contributed by atoms with Crippen molar-refractivity contribution in [3.8, 4) is 0 Å². The van der Waals surface area contributed by atoms with E-state index in [1.165, 1.54) is 17.2 Å². The predicted molar refractivity (Wildman–Crippen MR) is 128 cm³/mol. The maximum absolute atomic E-state index is 12.9. The molecule has 0 aromatic heterocycles. The van der Waals surface area contributed by atoms with Crippen LogP contribution in [-0.4, -0.2) is 41.6 Å². The lowest BCUT2D eigenvalue weighted by Gasteiger charge is -2.15. The molecule has 2 aromatic rings. The number of hydroxylamine groups is 2. The maximum atomic E-state index is 12.9. The van der Waals surface area contributed by atoms with Crippen molar-refractivity contribution in [2.45, 2.75) is 31.8 Å². The molecule has 3 rings (SSSR count). The van der Waals surface area contributed by atoms with Gasteiger partial charge in [-0.1, -0.05) is 35.3 Å². The lowest BCUT2D eigenvalue weighted by atomic mass is 9.96. The molecule has 11 heteroatoms. The average Bonchev–Trinajstić information content (AvgIpc) is 3.08. The van der Waals surface area contributed by atoms with E-state index in [2.05, 4.69) is 5.32 Å². The van der Waals surface area contributed by atoms with Crippen LogP contribution in [0.15, 0.2) is 41.8 Å². The highest BCUT2D eigenvalue weighted by Gasteiger charge is 2.33. The molecule has 34 heavy (non-hydrogen) atoms. The Morgan fingerprint density at radius 2 is 1.91 bits per heavy atom. The molecule has 2 amide bonds. The number of thioether (sulfide) groups is 1. The largest absolute Gasteiger partial charge is 0.445 e. The van der Waals surface area contributed by atoms with Gasteiger partial charge in [0.15, 0.2) is 0 Å². The normalized spacial score (nSPS) is 16.8. The predicted octanol–water partition coefficient (Wildman–Crippen LogP) is 6.03. The summed E-state index contributed by atoms with van der Waals surface area (Å²) in [6.45, 7) is 3.83. The zero-order chi connectivity index (χ0) is 25.0. The fraction of sp³-hybridized carbons (Fsp3) is 0.304. The molecule has 0 aliphatic carbocycles. The number of rotatable bonds is 7. The Kier molecular flexibility index (Phi) is 8.57. The number of allylic oxidation sites excluding steroid dienone is 1. The van der Waals surface area contributed by atoms with Crippen molar-refractivity contribution in [1.82, 2.24) is 10.4 Å². The van der Waals surface area contributed by atoms with E-state index in [0.29, 0.717) is 44.4 Å². The van der Waals surface area contributed by atoms with Crippen LogP contribution in [0.4, 0.5) is 13.2 Å². The number of carbonyl (C=O) groups excluding carboxylic acids is 2. The van der Waals surface area contributed by atoms with Crippen molar-refractivity contribution in [3.05, 3.63) is 74.1 Å². The Bertz CT molecular complexity index is 1100. The van der Waals surface area contributed by atoms with Gasteiger partial charge in [-0.15, -0.1) is 0 Å². The highest BCUT2D eigenvalue weighted by Crippen LogP contribution is 2.35. The van der Waals surface area contributed by atoms with Crippen molar-refractivity contribution in [2.24, 2.45) is 0 Å². The second-order valence-electron chi connectivity index (χ2n) is 7.55. The van der Waals surface area contributed by atoms with E-state index in [4.69, 9.17) is 28.0 Å². The Morgan fingerprint density at radius 3 is 2.47 bits per heavy atom. The number of benzene rings is 2. The van der Waals surface area contributed by atoms with Crippen LogP contribution in [0.2, 0.25) is 10.0 Å². The van der Waals surface area contributed by atoms with Gasteiger partial charge in [-0.3, -0.25) is 14.4 Å². The molecule has 0 saturated carbocycles. The van der Waals surface area contributed by atoms with Gasteiger partial charge in [0.1, 0.15) is 12.6 Å². The smallest absolute Gasteiger partial charge is 0.338 e. The highest BCUT2D eigenvalue weighted by atomic mass is 35.5. The van der Waals surface area contributed by atoms with Gasteiger partial charge in [0, 0.05) is 22.2 Å². The van der Waals surface area contributed by atoms with Gasteiger partial charge in [-0.25, -0.2) is 5.06 Å². The number of likely N-dealkylation sites (N-methyl/N-ethyl adjacent to an activating group) is 1. The van der Waals surface area contributed by atoms with E-state index in [1.807, 2.05) is 0 Å². The SMILES string of the molecule is CCN1OCC(NC(=O)c2ccc(/C(=C/SC(F)(F)F)Cc3cc(Cl)cc(Cl)c3)cc2C)C1=O. The van der Waals surface area contributed by atoms with Crippen molar-refractivity contribution in [3.63, 3.8) is 0 Å². The number of amides is 2.